The van der Waals surface area contributed by atoms with Gasteiger partial charge in [-0.05, 0) is 42.7 Å². The Kier molecular flexibility index (Phi) is 7.43. The number of hydrogen-bond donors (Lipinski definition) is 3. The fourth-order valence-electron chi connectivity index (χ4n) is 3.72. The van der Waals surface area contributed by atoms with Crippen molar-refractivity contribution in [1.82, 2.24) is 10.3 Å². The van der Waals surface area contributed by atoms with E-state index >= 15 is 0 Å². The number of para-hydroxylation sites is 2. The van der Waals surface area contributed by atoms with Gasteiger partial charge in [0, 0.05) is 24.2 Å². The van der Waals surface area contributed by atoms with Gasteiger partial charge in [0.15, 0.2) is 0 Å². The molecular formula is C27H30N2O3. The summed E-state index contributed by atoms with van der Waals surface area (Å²) in [5, 5.41) is 14.8. The Morgan fingerprint density at radius 3 is 2.44 bits per heavy atom. The average molecular weight is 431 g/mol. The summed E-state index contributed by atoms with van der Waals surface area (Å²) in [4.78, 5) is 3.38. The van der Waals surface area contributed by atoms with Gasteiger partial charge in [0.05, 0.1) is 5.52 Å². The zero-order chi connectivity index (χ0) is 22.2. The van der Waals surface area contributed by atoms with Crippen molar-refractivity contribution in [3.8, 4) is 11.5 Å². The molecule has 0 aliphatic rings. The molecule has 166 valence electrons. The van der Waals surface area contributed by atoms with Crippen LogP contribution in [0.5, 0.6) is 11.5 Å². The molecule has 0 radical (unpaired) electrons. The molecule has 5 heteroatoms. The summed E-state index contributed by atoms with van der Waals surface area (Å²) >= 11 is 0. The van der Waals surface area contributed by atoms with E-state index < -0.39 is 6.10 Å². The number of rotatable bonds is 11. The van der Waals surface area contributed by atoms with Crippen molar-refractivity contribution < 1.29 is 14.6 Å². The number of fused-ring (bicyclic) bond motifs is 1. The van der Waals surface area contributed by atoms with Crippen molar-refractivity contribution in [1.29, 1.82) is 0 Å². The molecule has 4 aromatic rings. The van der Waals surface area contributed by atoms with E-state index in [4.69, 9.17) is 9.47 Å². The average Bonchev–Trinajstić information content (AvgIpc) is 3.24. The lowest BCUT2D eigenvalue weighted by Gasteiger charge is -2.17. The molecule has 0 aliphatic heterocycles. The second kappa shape index (κ2) is 10.8. The van der Waals surface area contributed by atoms with Crippen molar-refractivity contribution >= 4 is 10.9 Å². The van der Waals surface area contributed by atoms with Crippen LogP contribution in [0.4, 0.5) is 0 Å². The van der Waals surface area contributed by atoms with Gasteiger partial charge >= 0.3 is 0 Å². The smallest absolute Gasteiger partial charge is 0.143 e. The summed E-state index contributed by atoms with van der Waals surface area (Å²) in [6, 6.07) is 26.1. The first kappa shape index (κ1) is 21.9. The molecule has 2 atom stereocenters. The molecule has 0 spiro atoms. The number of benzene rings is 3. The van der Waals surface area contributed by atoms with Gasteiger partial charge in [0.1, 0.15) is 30.8 Å². The summed E-state index contributed by atoms with van der Waals surface area (Å²) in [5.74, 6) is 1.62. The number of ether oxygens (including phenoxy) is 2. The number of aromatic amines is 1. The lowest BCUT2D eigenvalue weighted by atomic mass is 10.1. The second-order valence-corrected chi connectivity index (χ2v) is 8.06. The highest BCUT2D eigenvalue weighted by atomic mass is 16.5. The van der Waals surface area contributed by atoms with E-state index in [1.165, 1.54) is 5.56 Å². The highest BCUT2D eigenvalue weighted by molar-refractivity contribution is 5.88. The van der Waals surface area contributed by atoms with E-state index in [9.17, 15) is 5.11 Å². The SMILES string of the molecule is CC(Cc1c[nH]c2c(OCc3ccccc3)cccc12)NCC(O)COc1ccccc1. The van der Waals surface area contributed by atoms with E-state index in [-0.39, 0.29) is 12.6 Å². The van der Waals surface area contributed by atoms with Crippen molar-refractivity contribution in [3.05, 3.63) is 96.2 Å². The number of aliphatic hydroxyl groups excluding tert-OH is 1. The molecule has 0 saturated heterocycles. The first-order chi connectivity index (χ1) is 15.7. The quantitative estimate of drug-likeness (QED) is 0.322. The van der Waals surface area contributed by atoms with Crippen LogP contribution in [0.15, 0.2) is 85.1 Å². The van der Waals surface area contributed by atoms with E-state index in [0.717, 1.165) is 34.4 Å². The van der Waals surface area contributed by atoms with Crippen LogP contribution in [-0.4, -0.2) is 35.4 Å². The number of aromatic nitrogens is 1. The summed E-state index contributed by atoms with van der Waals surface area (Å²) in [5.41, 5.74) is 3.38. The van der Waals surface area contributed by atoms with Crippen molar-refractivity contribution in [2.24, 2.45) is 0 Å². The zero-order valence-electron chi connectivity index (χ0n) is 18.3. The second-order valence-electron chi connectivity index (χ2n) is 8.06. The van der Waals surface area contributed by atoms with Crippen LogP contribution in [0.3, 0.4) is 0 Å². The van der Waals surface area contributed by atoms with Gasteiger partial charge in [-0.25, -0.2) is 0 Å². The highest BCUT2D eigenvalue weighted by Crippen LogP contribution is 2.28. The normalized spacial score (nSPS) is 13.1. The minimum Gasteiger partial charge on any atom is -0.491 e. The van der Waals surface area contributed by atoms with Gasteiger partial charge in [-0.1, -0.05) is 60.7 Å². The molecule has 0 amide bonds. The summed E-state index contributed by atoms with van der Waals surface area (Å²) in [6.07, 6.45) is 2.32. The fraction of sp³-hybridized carbons (Fsp3) is 0.259. The van der Waals surface area contributed by atoms with E-state index in [2.05, 4.69) is 35.4 Å². The van der Waals surface area contributed by atoms with Crippen LogP contribution in [-0.2, 0) is 13.0 Å². The molecule has 0 fully saturated rings. The van der Waals surface area contributed by atoms with Crippen LogP contribution in [0, 0.1) is 0 Å². The third kappa shape index (κ3) is 5.90. The molecule has 4 rings (SSSR count). The maximum atomic E-state index is 10.2. The van der Waals surface area contributed by atoms with Gasteiger partial charge in [0.2, 0.25) is 0 Å². The van der Waals surface area contributed by atoms with Crippen LogP contribution in [0.2, 0.25) is 0 Å². The summed E-state index contributed by atoms with van der Waals surface area (Å²) in [7, 11) is 0. The maximum Gasteiger partial charge on any atom is 0.143 e. The Morgan fingerprint density at radius 1 is 0.906 bits per heavy atom. The Labute approximate surface area is 189 Å². The molecule has 0 bridgehead atoms. The predicted molar refractivity (Wildman–Crippen MR) is 128 cm³/mol. The van der Waals surface area contributed by atoms with Gasteiger partial charge < -0.3 is 24.9 Å². The lowest BCUT2D eigenvalue weighted by Crippen LogP contribution is -2.37. The molecule has 1 heterocycles. The Hall–Kier alpha value is -3.28. The maximum absolute atomic E-state index is 10.2. The van der Waals surface area contributed by atoms with Crippen LogP contribution in [0.25, 0.3) is 10.9 Å². The number of nitrogens with one attached hydrogen (secondary N) is 2. The Morgan fingerprint density at radius 2 is 1.66 bits per heavy atom. The topological polar surface area (TPSA) is 66.5 Å². The molecule has 0 saturated carbocycles. The molecule has 3 N–H and O–H groups in total. The highest BCUT2D eigenvalue weighted by Gasteiger charge is 2.13. The van der Waals surface area contributed by atoms with Crippen LogP contribution in [0.1, 0.15) is 18.1 Å². The molecule has 1 aromatic heterocycles. The lowest BCUT2D eigenvalue weighted by molar-refractivity contribution is 0.104. The van der Waals surface area contributed by atoms with Crippen molar-refractivity contribution in [2.75, 3.05) is 13.2 Å². The first-order valence-corrected chi connectivity index (χ1v) is 11.0. The van der Waals surface area contributed by atoms with Crippen LogP contribution < -0.4 is 14.8 Å². The molecule has 5 nitrogen and oxygen atoms in total. The fourth-order valence-corrected chi connectivity index (χ4v) is 3.72. The van der Waals surface area contributed by atoms with E-state index in [1.807, 2.05) is 66.9 Å². The standard InChI is InChI=1S/C27H30N2O3/c1-20(28-17-23(30)19-31-24-11-6-3-7-12-24)15-22-16-29-27-25(22)13-8-14-26(27)32-18-21-9-4-2-5-10-21/h2-14,16,20,23,28-30H,15,17-19H2,1H3. The monoisotopic (exact) mass is 430 g/mol. The number of aliphatic hydroxyl groups is 1. The Bertz CT molecular complexity index is 1100. The van der Waals surface area contributed by atoms with Crippen molar-refractivity contribution in [3.63, 3.8) is 0 Å². The summed E-state index contributed by atoms with van der Waals surface area (Å²) in [6.45, 7) is 3.40. The number of hydrogen-bond acceptors (Lipinski definition) is 4. The first-order valence-electron chi connectivity index (χ1n) is 11.0. The summed E-state index contributed by atoms with van der Waals surface area (Å²) < 4.78 is 11.7. The zero-order valence-corrected chi connectivity index (χ0v) is 18.3. The van der Waals surface area contributed by atoms with Crippen LogP contribution >= 0.6 is 0 Å². The van der Waals surface area contributed by atoms with Crippen molar-refractivity contribution in [2.45, 2.75) is 32.1 Å². The predicted octanol–water partition coefficient (Wildman–Crippen LogP) is 4.71. The number of H-pyrrole nitrogens is 1. The molecular weight excluding hydrogens is 400 g/mol. The largest absolute Gasteiger partial charge is 0.491 e. The van der Waals surface area contributed by atoms with Gasteiger partial charge in [-0.15, -0.1) is 0 Å². The minimum atomic E-state index is -0.571. The minimum absolute atomic E-state index is 0.203. The van der Waals surface area contributed by atoms with E-state index in [1.54, 1.807) is 0 Å². The molecule has 3 aromatic carbocycles. The van der Waals surface area contributed by atoms with E-state index in [0.29, 0.717) is 13.2 Å². The third-order valence-electron chi connectivity index (χ3n) is 5.41. The molecule has 0 aliphatic carbocycles. The Balaban J connectivity index is 1.29. The van der Waals surface area contributed by atoms with Gasteiger partial charge in [0.25, 0.3) is 0 Å². The third-order valence-corrected chi connectivity index (χ3v) is 5.41. The molecule has 2 unspecified atom stereocenters. The van der Waals surface area contributed by atoms with Gasteiger partial charge in [-0.3, -0.25) is 0 Å². The molecule has 32 heavy (non-hydrogen) atoms. The van der Waals surface area contributed by atoms with Gasteiger partial charge in [-0.2, -0.15) is 0 Å².